The Bertz CT molecular complexity index is 1440. The van der Waals surface area contributed by atoms with Gasteiger partial charge < -0.3 is 4.90 Å². The average molecular weight is 470 g/mol. The van der Waals surface area contributed by atoms with E-state index in [4.69, 9.17) is 5.26 Å². The molecule has 1 aromatic heterocycles. The lowest BCUT2D eigenvalue weighted by Crippen LogP contribution is -2.31. The number of nitriles is 1. The Kier molecular flexibility index (Phi) is 6.59. The topological polar surface area (TPSA) is 118 Å². The van der Waals surface area contributed by atoms with Gasteiger partial charge in [0.1, 0.15) is 5.82 Å². The number of amides is 1. The smallest absolute Gasteiger partial charge is 0.276 e. The van der Waals surface area contributed by atoms with Crippen molar-refractivity contribution in [3.8, 4) is 11.8 Å². The van der Waals surface area contributed by atoms with Crippen LogP contribution in [0.1, 0.15) is 32.9 Å². The van der Waals surface area contributed by atoms with Gasteiger partial charge in [0.05, 0.1) is 27.9 Å². The van der Waals surface area contributed by atoms with Gasteiger partial charge >= 0.3 is 0 Å². The molecule has 0 unspecified atom stereocenters. The van der Waals surface area contributed by atoms with E-state index >= 15 is 0 Å². The summed E-state index contributed by atoms with van der Waals surface area (Å²) < 4.78 is 15.2. The molecule has 9 nitrogen and oxygen atoms in total. The number of carbonyl (C=O) groups is 1. The monoisotopic (exact) mass is 470 g/mol. The summed E-state index contributed by atoms with van der Waals surface area (Å²) in [6.07, 6.45) is 0. The molecule has 0 saturated heterocycles. The highest BCUT2D eigenvalue weighted by molar-refractivity contribution is 5.93. The summed E-state index contributed by atoms with van der Waals surface area (Å²) in [6.45, 7) is 1.94. The van der Waals surface area contributed by atoms with E-state index in [0.717, 1.165) is 5.56 Å². The molecule has 0 atom stereocenters. The van der Waals surface area contributed by atoms with Crippen molar-refractivity contribution in [3.63, 3.8) is 0 Å². The van der Waals surface area contributed by atoms with E-state index in [2.05, 4.69) is 16.4 Å². The number of carbonyl (C=O) groups excluding carboxylic acids is 1. The third-order valence-corrected chi connectivity index (χ3v) is 5.39. The van der Waals surface area contributed by atoms with Crippen molar-refractivity contribution in [1.29, 1.82) is 5.26 Å². The van der Waals surface area contributed by atoms with Gasteiger partial charge in [0.2, 0.25) is 0 Å². The highest BCUT2D eigenvalue weighted by Gasteiger charge is 2.24. The first-order chi connectivity index (χ1) is 16.9. The maximum Gasteiger partial charge on any atom is 0.276 e. The zero-order valence-corrected chi connectivity index (χ0v) is 18.6. The van der Waals surface area contributed by atoms with Gasteiger partial charge in [0, 0.05) is 25.2 Å². The van der Waals surface area contributed by atoms with Crippen LogP contribution in [0.4, 0.5) is 10.1 Å². The largest absolute Gasteiger partial charge is 0.329 e. The molecule has 0 saturated carbocycles. The molecule has 4 rings (SSSR count). The van der Waals surface area contributed by atoms with Crippen LogP contribution in [0.25, 0.3) is 5.69 Å². The Morgan fingerprint density at radius 3 is 2.49 bits per heavy atom. The van der Waals surface area contributed by atoms with Gasteiger partial charge in [-0.05, 0) is 48.4 Å². The van der Waals surface area contributed by atoms with Crippen molar-refractivity contribution in [3.05, 3.63) is 117 Å². The minimum Gasteiger partial charge on any atom is -0.329 e. The summed E-state index contributed by atoms with van der Waals surface area (Å²) >= 11 is 0. The molecule has 0 spiro atoms. The Labute approximate surface area is 199 Å². The fourth-order valence-electron chi connectivity index (χ4n) is 3.62. The molecule has 1 amide bonds. The molecule has 3 aromatic carbocycles. The van der Waals surface area contributed by atoms with Crippen molar-refractivity contribution in [2.75, 3.05) is 0 Å². The molecule has 35 heavy (non-hydrogen) atoms. The van der Waals surface area contributed by atoms with Crippen LogP contribution in [0.2, 0.25) is 0 Å². The zero-order chi connectivity index (χ0) is 24.9. The fourth-order valence-corrected chi connectivity index (χ4v) is 3.62. The molecular formula is C25H19FN6O3. The third kappa shape index (κ3) is 5.20. The summed E-state index contributed by atoms with van der Waals surface area (Å²) in [7, 11) is 0. The zero-order valence-electron chi connectivity index (χ0n) is 18.6. The molecule has 174 valence electrons. The van der Waals surface area contributed by atoms with Gasteiger partial charge in [0.15, 0.2) is 5.69 Å². The molecule has 0 fully saturated rings. The normalized spacial score (nSPS) is 10.5. The Morgan fingerprint density at radius 2 is 1.80 bits per heavy atom. The van der Waals surface area contributed by atoms with Gasteiger partial charge in [-0.15, -0.1) is 5.10 Å². The predicted molar refractivity (Wildman–Crippen MR) is 124 cm³/mol. The number of benzene rings is 3. The van der Waals surface area contributed by atoms with E-state index in [-0.39, 0.29) is 24.5 Å². The van der Waals surface area contributed by atoms with Crippen LogP contribution >= 0.6 is 0 Å². The molecule has 0 aliphatic rings. The number of hydrogen-bond acceptors (Lipinski definition) is 6. The second kappa shape index (κ2) is 9.93. The van der Waals surface area contributed by atoms with Crippen molar-refractivity contribution in [2.45, 2.75) is 20.0 Å². The van der Waals surface area contributed by atoms with Crippen molar-refractivity contribution >= 4 is 11.6 Å². The maximum atomic E-state index is 13.8. The van der Waals surface area contributed by atoms with E-state index in [1.54, 1.807) is 49.4 Å². The quantitative estimate of drug-likeness (QED) is 0.293. The molecule has 0 bridgehead atoms. The van der Waals surface area contributed by atoms with E-state index in [9.17, 15) is 19.3 Å². The van der Waals surface area contributed by atoms with Gasteiger partial charge in [-0.3, -0.25) is 14.9 Å². The lowest BCUT2D eigenvalue weighted by Gasteiger charge is -2.22. The maximum absolute atomic E-state index is 13.8. The molecule has 0 N–H and O–H groups in total. The summed E-state index contributed by atoms with van der Waals surface area (Å²) in [5, 5.41) is 28.3. The highest BCUT2D eigenvalue weighted by atomic mass is 19.1. The van der Waals surface area contributed by atoms with Gasteiger partial charge in [0.25, 0.3) is 11.6 Å². The second-order valence-electron chi connectivity index (χ2n) is 7.81. The van der Waals surface area contributed by atoms with Crippen LogP contribution in [0.3, 0.4) is 0 Å². The van der Waals surface area contributed by atoms with E-state index in [1.807, 2.05) is 0 Å². The summed E-state index contributed by atoms with van der Waals surface area (Å²) in [4.78, 5) is 25.7. The number of nitro groups is 1. The molecule has 0 aliphatic heterocycles. The first-order valence-electron chi connectivity index (χ1n) is 10.6. The van der Waals surface area contributed by atoms with E-state index < -0.39 is 16.6 Å². The summed E-state index contributed by atoms with van der Waals surface area (Å²) in [5.74, 6) is -0.853. The van der Waals surface area contributed by atoms with Crippen LogP contribution in [0.5, 0.6) is 0 Å². The first kappa shape index (κ1) is 23.3. The van der Waals surface area contributed by atoms with Crippen LogP contribution in [0, 0.1) is 34.2 Å². The standard InChI is InChI=1S/C25H19FN6O3/c1-17-24(28-29-31(17)22-6-3-7-23(13-22)32(34)35)25(33)30(16-20-4-2-5-21(26)12-20)15-19-10-8-18(14-27)9-11-19/h2-13H,15-16H2,1H3. The molecular weight excluding hydrogens is 451 g/mol. The first-order valence-corrected chi connectivity index (χ1v) is 10.6. The third-order valence-electron chi connectivity index (χ3n) is 5.39. The fraction of sp³-hybridized carbons (Fsp3) is 0.120. The van der Waals surface area contributed by atoms with E-state index in [0.29, 0.717) is 22.5 Å². The molecule has 10 heteroatoms. The van der Waals surface area contributed by atoms with Gasteiger partial charge in [-0.25, -0.2) is 9.07 Å². The van der Waals surface area contributed by atoms with Crippen LogP contribution in [-0.2, 0) is 13.1 Å². The SMILES string of the molecule is Cc1c(C(=O)N(Cc2ccc(C#N)cc2)Cc2cccc(F)c2)nnn1-c1cccc([N+](=O)[O-])c1. The minimum atomic E-state index is -0.514. The summed E-state index contributed by atoms with van der Waals surface area (Å²) in [6, 6.07) is 20.7. The average Bonchev–Trinajstić information content (AvgIpc) is 3.25. The van der Waals surface area contributed by atoms with Crippen LogP contribution in [-0.4, -0.2) is 30.7 Å². The van der Waals surface area contributed by atoms with E-state index in [1.165, 1.54) is 39.9 Å². The molecule has 1 heterocycles. The Morgan fingerprint density at radius 1 is 1.09 bits per heavy atom. The van der Waals surface area contributed by atoms with Crippen molar-refractivity contribution < 1.29 is 14.1 Å². The molecule has 0 aliphatic carbocycles. The van der Waals surface area contributed by atoms with Crippen LogP contribution < -0.4 is 0 Å². The number of halogens is 1. The van der Waals surface area contributed by atoms with Gasteiger partial charge in [-0.1, -0.05) is 35.5 Å². The number of aromatic nitrogens is 3. The summed E-state index contributed by atoms with van der Waals surface area (Å²) in [5.41, 5.74) is 2.62. The van der Waals surface area contributed by atoms with Crippen LogP contribution in [0.15, 0.2) is 72.8 Å². The van der Waals surface area contributed by atoms with Gasteiger partial charge in [-0.2, -0.15) is 5.26 Å². The number of nitrogens with zero attached hydrogens (tertiary/aromatic N) is 6. The lowest BCUT2D eigenvalue weighted by molar-refractivity contribution is -0.384. The number of rotatable bonds is 7. The number of nitro benzene ring substituents is 1. The molecule has 0 radical (unpaired) electrons. The predicted octanol–water partition coefficient (Wildman–Crippen LogP) is 4.34. The lowest BCUT2D eigenvalue weighted by atomic mass is 10.1. The molecule has 4 aromatic rings. The van der Waals surface area contributed by atoms with Crippen molar-refractivity contribution in [1.82, 2.24) is 19.9 Å². The Balaban J connectivity index is 1.67. The highest BCUT2D eigenvalue weighted by Crippen LogP contribution is 2.21. The number of hydrogen-bond donors (Lipinski definition) is 0. The van der Waals surface area contributed by atoms with Crippen molar-refractivity contribution in [2.24, 2.45) is 0 Å². The minimum absolute atomic E-state index is 0.0709. The Hall–Kier alpha value is -4.91. The second-order valence-corrected chi connectivity index (χ2v) is 7.81. The number of non-ortho nitro benzene ring substituents is 1.